The van der Waals surface area contributed by atoms with Crippen molar-refractivity contribution in [3.8, 4) is 17.4 Å². The summed E-state index contributed by atoms with van der Waals surface area (Å²) < 4.78 is 1.51. The highest BCUT2D eigenvalue weighted by Gasteiger charge is 2.24. The van der Waals surface area contributed by atoms with E-state index in [-0.39, 0.29) is 11.8 Å². The van der Waals surface area contributed by atoms with Crippen LogP contribution in [0.3, 0.4) is 0 Å². The van der Waals surface area contributed by atoms with Crippen LogP contribution in [-0.2, 0) is 12.8 Å². The molecule has 92 valence electrons. The number of para-hydroxylation sites is 1. The second kappa shape index (κ2) is 3.95. The molecule has 1 aromatic heterocycles. The van der Waals surface area contributed by atoms with Crippen LogP contribution in [0.2, 0.25) is 0 Å². The number of fused-ring (bicyclic) bond motifs is 1. The highest BCUT2D eigenvalue weighted by molar-refractivity contribution is 5.55. The van der Waals surface area contributed by atoms with Gasteiger partial charge in [-0.2, -0.15) is 0 Å². The van der Waals surface area contributed by atoms with E-state index in [1.54, 1.807) is 0 Å². The van der Waals surface area contributed by atoms with Crippen molar-refractivity contribution < 1.29 is 10.2 Å². The Balaban J connectivity index is 2.19. The van der Waals surface area contributed by atoms with Crippen molar-refractivity contribution >= 4 is 0 Å². The molecule has 18 heavy (non-hydrogen) atoms. The molecule has 0 saturated carbocycles. The Hall–Kier alpha value is -2.16. The van der Waals surface area contributed by atoms with Crippen LogP contribution in [-0.4, -0.2) is 14.8 Å². The van der Waals surface area contributed by atoms with Gasteiger partial charge < -0.3 is 10.2 Å². The Morgan fingerprint density at radius 1 is 1.00 bits per heavy atom. The van der Waals surface area contributed by atoms with E-state index in [4.69, 9.17) is 0 Å². The van der Waals surface area contributed by atoms with Crippen LogP contribution >= 0.6 is 0 Å². The third-order valence-corrected chi connectivity index (χ3v) is 3.45. The first kappa shape index (κ1) is 11.0. The number of nitrogens with zero attached hydrogens (tertiary/aromatic N) is 1. The molecule has 0 atom stereocenters. The molecule has 0 fully saturated rings. The van der Waals surface area contributed by atoms with E-state index in [0.717, 1.165) is 16.8 Å². The van der Waals surface area contributed by atoms with Crippen molar-refractivity contribution in [3.05, 3.63) is 53.1 Å². The fraction of sp³-hybridized carbons (Fsp3) is 0.200. The molecule has 0 bridgehead atoms. The summed E-state index contributed by atoms with van der Waals surface area (Å²) in [6.07, 6.45) is 3.48. The van der Waals surface area contributed by atoms with E-state index in [1.807, 2.05) is 37.3 Å². The monoisotopic (exact) mass is 241 g/mol. The third-order valence-electron chi connectivity index (χ3n) is 3.45. The van der Waals surface area contributed by atoms with Crippen LogP contribution in [0, 0.1) is 0 Å². The van der Waals surface area contributed by atoms with Crippen molar-refractivity contribution in [2.45, 2.75) is 19.8 Å². The van der Waals surface area contributed by atoms with E-state index in [0.29, 0.717) is 12.8 Å². The largest absolute Gasteiger partial charge is 0.494 e. The molecule has 1 heterocycles. The number of rotatable bonds is 1. The average Bonchev–Trinajstić information content (AvgIpc) is 2.63. The summed E-state index contributed by atoms with van der Waals surface area (Å²) in [6.45, 7) is 2.04. The minimum Gasteiger partial charge on any atom is -0.494 e. The predicted octanol–water partition coefficient (Wildman–Crippen LogP) is 2.93. The van der Waals surface area contributed by atoms with Crippen molar-refractivity contribution in [3.63, 3.8) is 0 Å². The van der Waals surface area contributed by atoms with E-state index < -0.39 is 0 Å². The van der Waals surface area contributed by atoms with Crippen LogP contribution in [0.15, 0.2) is 42.0 Å². The number of hydrogen-bond donors (Lipinski definition) is 2. The molecule has 2 aromatic rings. The van der Waals surface area contributed by atoms with Crippen molar-refractivity contribution in [2.24, 2.45) is 0 Å². The Kier molecular flexibility index (Phi) is 2.40. The third kappa shape index (κ3) is 1.51. The first-order chi connectivity index (χ1) is 8.68. The van der Waals surface area contributed by atoms with Gasteiger partial charge in [0.1, 0.15) is 0 Å². The maximum Gasteiger partial charge on any atom is 0.202 e. The van der Waals surface area contributed by atoms with Gasteiger partial charge >= 0.3 is 0 Å². The molecule has 2 N–H and O–H groups in total. The summed E-state index contributed by atoms with van der Waals surface area (Å²) in [5, 5.41) is 20.6. The minimum atomic E-state index is 0.150. The maximum atomic E-state index is 10.3. The fourth-order valence-electron chi connectivity index (χ4n) is 2.49. The molecular formula is C15H15NO2. The first-order valence-corrected chi connectivity index (χ1v) is 6.04. The van der Waals surface area contributed by atoms with E-state index >= 15 is 0 Å². The van der Waals surface area contributed by atoms with Crippen LogP contribution < -0.4 is 0 Å². The standard InChI is InChI=1S/C15H15NO2/c1-10-7-8-12-13(9-10)15(18)16(14(12)17)11-5-3-2-4-6-11/h2-7,17-18H,8-9H2,1H3. The molecule has 0 amide bonds. The smallest absolute Gasteiger partial charge is 0.202 e. The summed E-state index contributed by atoms with van der Waals surface area (Å²) >= 11 is 0. The number of aromatic nitrogens is 1. The molecule has 1 aliphatic carbocycles. The minimum absolute atomic E-state index is 0.150. The van der Waals surface area contributed by atoms with Crippen molar-refractivity contribution in [1.82, 2.24) is 4.57 Å². The molecule has 0 aliphatic heterocycles. The van der Waals surface area contributed by atoms with Crippen LogP contribution in [0.25, 0.3) is 5.69 Å². The van der Waals surface area contributed by atoms with Gasteiger partial charge in [0.15, 0.2) is 0 Å². The number of aromatic hydroxyl groups is 2. The van der Waals surface area contributed by atoms with Gasteiger partial charge in [-0.15, -0.1) is 0 Å². The van der Waals surface area contributed by atoms with E-state index in [2.05, 4.69) is 6.08 Å². The van der Waals surface area contributed by atoms with Gasteiger partial charge in [0, 0.05) is 11.1 Å². The Morgan fingerprint density at radius 3 is 2.39 bits per heavy atom. The van der Waals surface area contributed by atoms with Gasteiger partial charge in [0.25, 0.3) is 0 Å². The van der Waals surface area contributed by atoms with Crippen molar-refractivity contribution in [1.29, 1.82) is 0 Å². The number of benzene rings is 1. The first-order valence-electron chi connectivity index (χ1n) is 6.04. The lowest BCUT2D eigenvalue weighted by Gasteiger charge is -2.09. The van der Waals surface area contributed by atoms with Gasteiger partial charge in [-0.3, -0.25) is 4.57 Å². The van der Waals surface area contributed by atoms with E-state index in [9.17, 15) is 10.2 Å². The fourth-order valence-corrected chi connectivity index (χ4v) is 2.49. The van der Waals surface area contributed by atoms with Gasteiger partial charge in [0.2, 0.25) is 11.8 Å². The zero-order valence-electron chi connectivity index (χ0n) is 10.2. The summed E-state index contributed by atoms with van der Waals surface area (Å²) in [7, 11) is 0. The summed E-state index contributed by atoms with van der Waals surface area (Å²) in [4.78, 5) is 0. The topological polar surface area (TPSA) is 45.4 Å². The molecule has 1 aromatic carbocycles. The SMILES string of the molecule is CC1=CCc2c(c(O)n(-c3ccccc3)c2O)C1. The molecule has 3 rings (SSSR count). The molecule has 0 spiro atoms. The van der Waals surface area contributed by atoms with Gasteiger partial charge in [0.05, 0.1) is 5.69 Å². The van der Waals surface area contributed by atoms with Crippen molar-refractivity contribution in [2.75, 3.05) is 0 Å². The average molecular weight is 241 g/mol. The molecule has 0 saturated heterocycles. The second-order valence-electron chi connectivity index (χ2n) is 4.71. The molecule has 1 aliphatic rings. The second-order valence-corrected chi connectivity index (χ2v) is 4.71. The van der Waals surface area contributed by atoms with Crippen LogP contribution in [0.1, 0.15) is 18.1 Å². The molecule has 3 nitrogen and oxygen atoms in total. The lowest BCUT2D eigenvalue weighted by molar-refractivity contribution is 0.400. The molecule has 0 radical (unpaired) electrons. The Labute approximate surface area is 106 Å². The van der Waals surface area contributed by atoms with Crippen LogP contribution in [0.5, 0.6) is 11.8 Å². The summed E-state index contributed by atoms with van der Waals surface area (Å²) in [6, 6.07) is 9.41. The number of allylic oxidation sites excluding steroid dienone is 2. The predicted molar refractivity (Wildman–Crippen MR) is 70.3 cm³/mol. The summed E-state index contributed by atoms with van der Waals surface area (Å²) in [5.41, 5.74) is 3.68. The Bertz CT molecular complexity index is 624. The highest BCUT2D eigenvalue weighted by Crippen LogP contribution is 2.40. The highest BCUT2D eigenvalue weighted by atomic mass is 16.3. The van der Waals surface area contributed by atoms with Gasteiger partial charge in [-0.05, 0) is 31.9 Å². The summed E-state index contributed by atoms with van der Waals surface area (Å²) in [5.74, 6) is 0.304. The zero-order valence-corrected chi connectivity index (χ0v) is 10.2. The molecule has 3 heteroatoms. The van der Waals surface area contributed by atoms with Gasteiger partial charge in [-0.1, -0.05) is 29.8 Å². The quantitative estimate of drug-likeness (QED) is 0.754. The molecular weight excluding hydrogens is 226 g/mol. The number of hydrogen-bond acceptors (Lipinski definition) is 2. The molecule has 0 unspecified atom stereocenters. The zero-order chi connectivity index (χ0) is 12.7. The Morgan fingerprint density at radius 2 is 1.67 bits per heavy atom. The van der Waals surface area contributed by atoms with E-state index in [1.165, 1.54) is 10.1 Å². The maximum absolute atomic E-state index is 10.3. The van der Waals surface area contributed by atoms with Gasteiger partial charge in [-0.25, -0.2) is 0 Å². The lowest BCUT2D eigenvalue weighted by atomic mass is 9.96. The normalized spacial score (nSPS) is 14.2. The lowest BCUT2D eigenvalue weighted by Crippen LogP contribution is -1.97. The van der Waals surface area contributed by atoms with Crippen LogP contribution in [0.4, 0.5) is 0 Å².